The van der Waals surface area contributed by atoms with E-state index in [4.69, 9.17) is 34.2 Å². The lowest BCUT2D eigenvalue weighted by Gasteiger charge is -2.26. The highest BCUT2D eigenvalue weighted by Gasteiger charge is 2.35. The summed E-state index contributed by atoms with van der Waals surface area (Å²) < 4.78 is 0.414. The van der Waals surface area contributed by atoms with Gasteiger partial charge in [-0.15, -0.1) is 0 Å². The largest absolute Gasteiger partial charge is 0.481 e. The number of rotatable bonds is 35. The van der Waals surface area contributed by atoms with Gasteiger partial charge in [-0.1, -0.05) is 23.0 Å². The SMILES string of the molecule is CCN(CC)C(=S)SSC[C@@H](NC(=O)[C@H](CC(=O)O)NC(=O)[C@H](CC(=O)O)NC(=O)[C@H](CCCNC(=N)N)NC(=O)[C@H](CC(=O)O)NC(=O)CC[C@@H](C)NC(=O)c1ccc(NCc2cnc3nc(N)[nH]c(=O)c3n2)cc1)C(=O)NCC(=O)O. The van der Waals surface area contributed by atoms with Crippen LogP contribution in [0.1, 0.15) is 81.8 Å². The van der Waals surface area contributed by atoms with Gasteiger partial charge in [-0.25, -0.2) is 9.97 Å². The van der Waals surface area contributed by atoms with Crippen molar-refractivity contribution in [2.24, 2.45) is 5.73 Å². The molecule has 1 aromatic carbocycles. The number of benzene rings is 1. The van der Waals surface area contributed by atoms with Gasteiger partial charge in [0.1, 0.15) is 41.1 Å². The molecule has 0 saturated heterocycles. The number of H-pyrrole nitrogens is 1. The molecule has 0 saturated carbocycles. The van der Waals surface area contributed by atoms with Crippen LogP contribution in [0, 0.1) is 5.41 Å². The number of hydrogen-bond donors (Lipinski definition) is 17. The highest BCUT2D eigenvalue weighted by Crippen LogP contribution is 2.26. The fourth-order valence-corrected chi connectivity index (χ4v) is 10.0. The van der Waals surface area contributed by atoms with Gasteiger partial charge in [0.05, 0.1) is 37.7 Å². The zero-order valence-corrected chi connectivity index (χ0v) is 47.3. The number of nitrogens with one attached hydrogen (secondary N) is 11. The molecule has 6 atom stereocenters. The number of anilines is 2. The van der Waals surface area contributed by atoms with E-state index >= 15 is 0 Å². The summed E-state index contributed by atoms with van der Waals surface area (Å²) in [6.07, 6.45) is -2.73. The summed E-state index contributed by atoms with van der Waals surface area (Å²) in [5, 5.41) is 67.1. The Kier molecular flexibility index (Phi) is 28.3. The molecule has 0 radical (unpaired) electrons. The lowest BCUT2D eigenvalue weighted by Crippen LogP contribution is -2.60. The Labute approximate surface area is 485 Å². The maximum atomic E-state index is 13.9. The van der Waals surface area contributed by atoms with Crippen LogP contribution >= 0.6 is 33.8 Å². The second-order valence-electron chi connectivity index (χ2n) is 17.9. The van der Waals surface area contributed by atoms with Crippen molar-refractivity contribution in [3.05, 3.63) is 52.1 Å². The summed E-state index contributed by atoms with van der Waals surface area (Å²) in [7, 11) is 2.04. The van der Waals surface area contributed by atoms with Crippen LogP contribution in [0.5, 0.6) is 0 Å². The molecule has 3 rings (SSSR count). The molecule has 0 spiro atoms. The van der Waals surface area contributed by atoms with E-state index < -0.39 is 139 Å². The molecule has 0 fully saturated rings. The van der Waals surface area contributed by atoms with E-state index in [9.17, 15) is 72.9 Å². The monoisotopic (exact) mass is 1220 g/mol. The van der Waals surface area contributed by atoms with E-state index in [1.807, 2.05) is 18.7 Å². The number of nitrogen functional groups attached to an aromatic ring is 1. The summed E-state index contributed by atoms with van der Waals surface area (Å²) in [4.78, 5) is 170. The number of hydrogen-bond acceptors (Lipinski definition) is 21. The Bertz CT molecular complexity index is 2930. The van der Waals surface area contributed by atoms with Crippen molar-refractivity contribution in [3.8, 4) is 0 Å². The van der Waals surface area contributed by atoms with E-state index in [2.05, 4.69) is 67.8 Å². The van der Waals surface area contributed by atoms with Crippen molar-refractivity contribution in [3.63, 3.8) is 0 Å². The third-order valence-electron chi connectivity index (χ3n) is 11.4. The molecule has 0 aliphatic heterocycles. The molecule has 0 bridgehead atoms. The van der Waals surface area contributed by atoms with Gasteiger partial charge in [-0.3, -0.25) is 67.9 Å². The standard InChI is InChI=1S/C47H65N17O16S3/c1-4-64(5-2)47(81)83-82-21-30(39(75)54-20-35(72)73)61-43(79)29(17-34(70)71)60-42(78)28(16-33(68)69)59-40(76)26(7-6-14-51-45(48)49)58-41(77)27(15-32(66)67)57-31(65)13-8-22(3)55-38(74)23-9-11-24(12-10-23)52-18-25-19-53-37-36(56-25)44(80)63-46(50)62-37/h9-12,19,22,26-30,52H,4-8,13-18,20-21H2,1-3H3,(H,54,75)(H,55,74)(H,57,65)(H,58,77)(H,59,76)(H,60,78)(H,61,79)(H,66,67)(H,68,69)(H,70,71)(H,72,73)(H4,48,49,51)(H3,50,53,62,63,80)/t22-,26+,27+,28+,29+,30-/m1/s1. The van der Waals surface area contributed by atoms with Crippen LogP contribution in [0.15, 0.2) is 35.3 Å². The van der Waals surface area contributed by atoms with Gasteiger partial charge in [0.15, 0.2) is 17.1 Å². The number of thiocarbonyl (C=S) groups is 1. The molecule has 3 aromatic rings. The summed E-state index contributed by atoms with van der Waals surface area (Å²) in [5.74, 6) is -14.8. The van der Waals surface area contributed by atoms with Gasteiger partial charge in [0, 0.05) is 49.1 Å². The zero-order valence-electron chi connectivity index (χ0n) is 44.9. The molecular formula is C47H65N17O16S3. The number of carboxylic acids is 4. The Morgan fingerprint density at radius 2 is 1.27 bits per heavy atom. The number of amides is 7. The van der Waals surface area contributed by atoms with Gasteiger partial charge in [0.2, 0.25) is 41.4 Å². The highest BCUT2D eigenvalue weighted by atomic mass is 33.1. The first-order valence-electron chi connectivity index (χ1n) is 25.2. The number of carboxylic acid groups (broad SMARTS) is 4. The number of aromatic nitrogens is 4. The third kappa shape index (κ3) is 24.8. The Balaban J connectivity index is 1.71. The van der Waals surface area contributed by atoms with Crippen molar-refractivity contribution in [1.29, 1.82) is 5.41 Å². The van der Waals surface area contributed by atoms with Crippen LogP contribution in [0.2, 0.25) is 0 Å². The molecule has 452 valence electrons. The molecular weight excluding hydrogens is 1150 g/mol. The predicted molar refractivity (Wildman–Crippen MR) is 304 cm³/mol. The maximum absolute atomic E-state index is 13.9. The molecule has 33 nitrogen and oxygen atoms in total. The first-order chi connectivity index (χ1) is 39.2. The molecule has 2 heterocycles. The average Bonchev–Trinajstić information content (AvgIpc) is 3.48. The summed E-state index contributed by atoms with van der Waals surface area (Å²) in [6.45, 7) is 5.58. The van der Waals surface area contributed by atoms with Crippen LogP contribution in [0.4, 0.5) is 11.6 Å². The van der Waals surface area contributed by atoms with E-state index in [0.717, 1.165) is 21.6 Å². The van der Waals surface area contributed by atoms with Crippen molar-refractivity contribution in [1.82, 2.24) is 67.4 Å². The third-order valence-corrected chi connectivity index (χ3v) is 14.4. The first-order valence-corrected chi connectivity index (χ1v) is 27.9. The number of carbonyl (C=O) groups excluding carboxylic acids is 7. The normalized spacial score (nSPS) is 13.0. The zero-order chi connectivity index (χ0) is 61.9. The van der Waals surface area contributed by atoms with Crippen LogP contribution in [0.25, 0.3) is 11.2 Å². The quantitative estimate of drug-likeness (QED) is 0.00925. The minimum Gasteiger partial charge on any atom is -0.481 e. The molecule has 0 aliphatic rings. The van der Waals surface area contributed by atoms with Gasteiger partial charge in [-0.2, -0.15) is 4.98 Å². The molecule has 0 unspecified atom stereocenters. The molecule has 36 heteroatoms. The lowest BCUT2D eigenvalue weighted by molar-refractivity contribution is -0.143. The molecule has 19 N–H and O–H groups in total. The van der Waals surface area contributed by atoms with Crippen molar-refractivity contribution >= 4 is 132 Å². The summed E-state index contributed by atoms with van der Waals surface area (Å²) in [6, 6.07) is -3.66. The number of aliphatic carboxylic acids is 4. The van der Waals surface area contributed by atoms with Crippen molar-refractivity contribution in [2.45, 2.75) is 109 Å². The Morgan fingerprint density at radius 1 is 0.723 bits per heavy atom. The number of aromatic amines is 1. The minimum absolute atomic E-state index is 0.000925. The van der Waals surface area contributed by atoms with E-state index in [-0.39, 0.29) is 67.2 Å². The fraction of sp³-hybridized carbons (Fsp3) is 0.468. The summed E-state index contributed by atoms with van der Waals surface area (Å²) in [5.41, 5.74) is 11.7. The van der Waals surface area contributed by atoms with Gasteiger partial charge < -0.3 is 84.6 Å². The van der Waals surface area contributed by atoms with E-state index in [0.29, 0.717) is 28.8 Å². The molecule has 7 amide bonds. The molecule has 2 aromatic heterocycles. The average molecular weight is 1220 g/mol. The van der Waals surface area contributed by atoms with Crippen LogP contribution in [-0.4, -0.2) is 189 Å². The topological polar surface area (TPSA) is 528 Å². The van der Waals surface area contributed by atoms with E-state index in [1.54, 1.807) is 19.1 Å². The van der Waals surface area contributed by atoms with Gasteiger partial charge >= 0.3 is 23.9 Å². The fourth-order valence-electron chi connectivity index (χ4n) is 7.18. The van der Waals surface area contributed by atoms with E-state index in [1.165, 1.54) is 18.3 Å². The smallest absolute Gasteiger partial charge is 0.322 e. The highest BCUT2D eigenvalue weighted by molar-refractivity contribution is 8.83. The van der Waals surface area contributed by atoms with Crippen molar-refractivity contribution in [2.75, 3.05) is 43.0 Å². The van der Waals surface area contributed by atoms with Crippen LogP contribution in [0.3, 0.4) is 0 Å². The number of fused-ring (bicyclic) bond motifs is 1. The Morgan fingerprint density at radius 3 is 1.81 bits per heavy atom. The minimum atomic E-state index is -2.10. The second-order valence-corrected chi connectivity index (χ2v) is 20.9. The van der Waals surface area contributed by atoms with Crippen molar-refractivity contribution < 1.29 is 73.2 Å². The number of nitrogens with two attached hydrogens (primary N) is 2. The number of nitrogens with zero attached hydrogens (tertiary/aromatic N) is 4. The second kappa shape index (κ2) is 34.4. The van der Waals surface area contributed by atoms with Gasteiger partial charge in [0.25, 0.3) is 11.5 Å². The lowest BCUT2D eigenvalue weighted by atomic mass is 10.1. The van der Waals surface area contributed by atoms with Crippen LogP contribution < -0.4 is 64.9 Å². The number of carbonyl (C=O) groups is 11. The predicted octanol–water partition coefficient (Wildman–Crippen LogP) is -2.87. The van der Waals surface area contributed by atoms with Crippen LogP contribution in [-0.2, 0) is 54.5 Å². The number of guanidine groups is 1. The first kappa shape index (κ1) is 68.3. The Hall–Kier alpha value is -8.93. The molecule has 83 heavy (non-hydrogen) atoms. The summed E-state index contributed by atoms with van der Waals surface area (Å²) >= 11 is 5.38. The molecule has 0 aliphatic carbocycles. The maximum Gasteiger partial charge on any atom is 0.322 e. The van der Waals surface area contributed by atoms with Gasteiger partial charge in [-0.05, 0) is 75.1 Å².